The van der Waals surface area contributed by atoms with E-state index >= 15 is 0 Å². The summed E-state index contributed by atoms with van der Waals surface area (Å²) in [5.74, 6) is -1.85. The Bertz CT molecular complexity index is 328. The molecule has 1 rings (SSSR count). The van der Waals surface area contributed by atoms with Gasteiger partial charge in [-0.2, -0.15) is 13.2 Å². The van der Waals surface area contributed by atoms with Crippen LogP contribution in [0.2, 0.25) is 0 Å². The zero-order valence-electron chi connectivity index (χ0n) is 9.10. The number of hydrogen-bond donors (Lipinski definition) is 3. The van der Waals surface area contributed by atoms with Crippen LogP contribution in [-0.2, 0) is 4.79 Å². The van der Waals surface area contributed by atoms with E-state index in [1.54, 1.807) is 0 Å². The van der Waals surface area contributed by atoms with Crippen molar-refractivity contribution in [3.05, 3.63) is 0 Å². The van der Waals surface area contributed by atoms with E-state index in [-0.39, 0.29) is 6.54 Å². The summed E-state index contributed by atoms with van der Waals surface area (Å²) in [6.45, 7) is 0.672. The van der Waals surface area contributed by atoms with Crippen molar-refractivity contribution in [3.8, 4) is 0 Å². The fourth-order valence-corrected chi connectivity index (χ4v) is 1.08. The van der Waals surface area contributed by atoms with Crippen LogP contribution in [0.1, 0.15) is 19.8 Å². The van der Waals surface area contributed by atoms with Crippen LogP contribution in [0.3, 0.4) is 0 Å². The lowest BCUT2D eigenvalue weighted by Crippen LogP contribution is -2.63. The summed E-state index contributed by atoms with van der Waals surface area (Å²) >= 11 is 0. The van der Waals surface area contributed by atoms with Gasteiger partial charge in [0.15, 0.2) is 0 Å². The van der Waals surface area contributed by atoms with E-state index < -0.39 is 23.7 Å². The summed E-state index contributed by atoms with van der Waals surface area (Å²) < 4.78 is 37.5. The number of carbonyl (C=O) groups excluding carboxylic acids is 1. The lowest BCUT2D eigenvalue weighted by molar-refractivity contribution is -0.203. The number of carboxylic acids is 1. The molecule has 2 amide bonds. The van der Waals surface area contributed by atoms with Crippen LogP contribution in [0.4, 0.5) is 18.0 Å². The Hall–Kier alpha value is -1.47. The van der Waals surface area contributed by atoms with Crippen LogP contribution < -0.4 is 10.6 Å². The molecule has 8 heteroatoms. The van der Waals surface area contributed by atoms with Crippen molar-refractivity contribution in [2.45, 2.75) is 31.5 Å². The van der Waals surface area contributed by atoms with Gasteiger partial charge in [-0.15, -0.1) is 0 Å². The number of urea groups is 1. The van der Waals surface area contributed by atoms with Gasteiger partial charge in [0.05, 0.1) is 0 Å². The van der Waals surface area contributed by atoms with Gasteiger partial charge in [-0.3, -0.25) is 0 Å². The van der Waals surface area contributed by atoms with Gasteiger partial charge < -0.3 is 15.7 Å². The summed E-state index contributed by atoms with van der Waals surface area (Å²) in [6, 6.07) is -1.13. The Morgan fingerprint density at radius 2 is 1.88 bits per heavy atom. The van der Waals surface area contributed by atoms with Crippen LogP contribution in [-0.4, -0.2) is 35.4 Å². The number of hydrogen-bond acceptors (Lipinski definition) is 2. The average molecular weight is 254 g/mol. The fraction of sp³-hybridized carbons (Fsp3) is 0.778. The number of nitrogens with one attached hydrogen (secondary N) is 2. The average Bonchev–Trinajstić information content (AvgIpc) is 2.95. The minimum absolute atomic E-state index is 0.263. The van der Waals surface area contributed by atoms with E-state index in [1.165, 1.54) is 5.32 Å². The highest BCUT2D eigenvalue weighted by molar-refractivity contribution is 5.86. The number of aliphatic carboxylic acids is 1. The summed E-state index contributed by atoms with van der Waals surface area (Å²) in [4.78, 5) is 21.7. The van der Waals surface area contributed by atoms with Gasteiger partial charge in [0.25, 0.3) is 0 Å². The van der Waals surface area contributed by atoms with Gasteiger partial charge in [-0.1, -0.05) is 0 Å². The third-order valence-corrected chi connectivity index (χ3v) is 2.61. The monoisotopic (exact) mass is 254 g/mol. The Morgan fingerprint density at radius 3 is 2.24 bits per heavy atom. The van der Waals surface area contributed by atoms with Crippen molar-refractivity contribution in [2.75, 3.05) is 6.54 Å². The molecule has 1 aliphatic carbocycles. The third kappa shape index (κ3) is 3.24. The first-order valence-electron chi connectivity index (χ1n) is 5.03. The normalized spacial score (nSPS) is 19.3. The minimum atomic E-state index is -5.06. The maximum atomic E-state index is 12.5. The van der Waals surface area contributed by atoms with Crippen molar-refractivity contribution < 1.29 is 27.9 Å². The van der Waals surface area contributed by atoms with E-state index in [0.29, 0.717) is 12.8 Å². The van der Waals surface area contributed by atoms with Crippen LogP contribution in [0, 0.1) is 5.92 Å². The molecule has 0 aromatic carbocycles. The summed E-state index contributed by atoms with van der Waals surface area (Å²) in [5.41, 5.74) is -3.28. The summed E-state index contributed by atoms with van der Waals surface area (Å²) in [7, 11) is 0. The largest absolute Gasteiger partial charge is 0.479 e. The number of carboxylic acid groups (broad SMARTS) is 1. The summed E-state index contributed by atoms with van der Waals surface area (Å²) in [6.07, 6.45) is -3.21. The van der Waals surface area contributed by atoms with E-state index in [1.807, 2.05) is 0 Å². The predicted octanol–water partition coefficient (Wildman–Crippen LogP) is 1.10. The third-order valence-electron chi connectivity index (χ3n) is 2.61. The number of rotatable bonds is 4. The highest BCUT2D eigenvalue weighted by Crippen LogP contribution is 2.30. The van der Waals surface area contributed by atoms with E-state index in [9.17, 15) is 22.8 Å². The molecule has 0 aromatic rings. The van der Waals surface area contributed by atoms with E-state index in [0.717, 1.165) is 12.8 Å². The van der Waals surface area contributed by atoms with Crippen LogP contribution in [0.15, 0.2) is 0 Å². The lowest BCUT2D eigenvalue weighted by Gasteiger charge is -2.28. The van der Waals surface area contributed by atoms with Gasteiger partial charge in [0, 0.05) is 6.54 Å². The smallest absolute Gasteiger partial charge is 0.422 e. The van der Waals surface area contributed by atoms with Crippen molar-refractivity contribution >= 4 is 12.0 Å². The molecule has 17 heavy (non-hydrogen) atoms. The quantitative estimate of drug-likeness (QED) is 0.703. The van der Waals surface area contributed by atoms with Gasteiger partial charge in [-0.25, -0.2) is 9.59 Å². The molecule has 1 aliphatic rings. The number of alkyl halides is 3. The van der Waals surface area contributed by atoms with Crippen molar-refractivity contribution in [1.82, 2.24) is 10.6 Å². The highest BCUT2D eigenvalue weighted by Gasteiger charge is 2.58. The standard InChI is InChI=1S/C9H13F3N2O3/c1-8(6(15)16,9(10,11)12)14-7(17)13-4-5-2-3-5/h5H,2-4H2,1H3,(H,15,16)(H2,13,14,17). The molecule has 0 heterocycles. The molecule has 1 fully saturated rings. The maximum absolute atomic E-state index is 12.5. The zero-order chi connectivity index (χ0) is 13.3. The molecule has 0 aromatic heterocycles. The van der Waals surface area contributed by atoms with Crippen molar-refractivity contribution in [3.63, 3.8) is 0 Å². The molecular formula is C9H13F3N2O3. The second-order valence-corrected chi connectivity index (χ2v) is 4.21. The van der Waals surface area contributed by atoms with Crippen LogP contribution in [0.5, 0.6) is 0 Å². The summed E-state index contributed by atoms with van der Waals surface area (Å²) in [5, 5.41) is 12.2. The molecule has 1 atom stereocenters. The first-order chi connectivity index (χ1) is 7.67. The molecular weight excluding hydrogens is 241 g/mol. The molecule has 0 aliphatic heterocycles. The SMILES string of the molecule is CC(NC(=O)NCC1CC1)(C(=O)O)C(F)(F)F. The van der Waals surface area contributed by atoms with Gasteiger partial charge in [0.2, 0.25) is 5.54 Å². The Balaban J connectivity index is 2.59. The molecule has 0 saturated heterocycles. The zero-order valence-corrected chi connectivity index (χ0v) is 9.10. The van der Waals surface area contributed by atoms with E-state index in [2.05, 4.69) is 5.32 Å². The topological polar surface area (TPSA) is 78.4 Å². The van der Waals surface area contributed by atoms with Gasteiger partial charge in [0.1, 0.15) is 0 Å². The molecule has 0 bridgehead atoms. The van der Waals surface area contributed by atoms with Crippen LogP contribution >= 0.6 is 0 Å². The fourth-order valence-electron chi connectivity index (χ4n) is 1.08. The Labute approximate surface area is 95.4 Å². The second kappa shape index (κ2) is 4.42. The highest BCUT2D eigenvalue weighted by atomic mass is 19.4. The molecule has 1 unspecified atom stereocenters. The van der Waals surface area contributed by atoms with Crippen molar-refractivity contribution in [2.24, 2.45) is 5.92 Å². The number of carbonyl (C=O) groups is 2. The van der Waals surface area contributed by atoms with Crippen molar-refractivity contribution in [1.29, 1.82) is 0 Å². The number of halogens is 3. The minimum Gasteiger partial charge on any atom is -0.479 e. The molecule has 5 nitrogen and oxygen atoms in total. The number of amides is 2. The molecule has 98 valence electrons. The molecule has 0 radical (unpaired) electrons. The molecule has 0 spiro atoms. The predicted molar refractivity (Wildman–Crippen MR) is 51.4 cm³/mol. The Morgan fingerprint density at radius 1 is 1.35 bits per heavy atom. The first kappa shape index (κ1) is 13.6. The lowest BCUT2D eigenvalue weighted by atomic mass is 10.0. The Kier molecular flexibility index (Phi) is 3.53. The van der Waals surface area contributed by atoms with Gasteiger partial charge >= 0.3 is 18.2 Å². The molecule has 1 saturated carbocycles. The van der Waals surface area contributed by atoms with Crippen LogP contribution in [0.25, 0.3) is 0 Å². The molecule has 3 N–H and O–H groups in total. The maximum Gasteiger partial charge on any atom is 0.422 e. The second-order valence-electron chi connectivity index (χ2n) is 4.21. The van der Waals surface area contributed by atoms with E-state index in [4.69, 9.17) is 5.11 Å². The van der Waals surface area contributed by atoms with Gasteiger partial charge in [-0.05, 0) is 25.7 Å². The first-order valence-corrected chi connectivity index (χ1v) is 5.03.